The Morgan fingerprint density at radius 1 is 0.966 bits per heavy atom. The molecule has 1 amide bonds. The normalized spacial score (nSPS) is 16.8. The van der Waals surface area contributed by atoms with Crippen molar-refractivity contribution in [3.8, 4) is 0 Å². The molecule has 0 bridgehead atoms. The van der Waals surface area contributed by atoms with E-state index in [-0.39, 0.29) is 51.7 Å². The van der Waals surface area contributed by atoms with Crippen LogP contribution in [0.2, 0.25) is 10.0 Å². The number of nitrogens with zero attached hydrogens (tertiary/aromatic N) is 3. The number of primary amides is 1. The van der Waals surface area contributed by atoms with Crippen LogP contribution in [0.3, 0.4) is 0 Å². The monoisotopic (exact) mass is 480 g/mol. The van der Waals surface area contributed by atoms with Crippen LogP contribution in [-0.2, 0) is 27.1 Å². The second kappa shape index (κ2) is 7.89. The largest absolute Gasteiger partial charge is 0.364 e. The third-order valence-electron chi connectivity index (χ3n) is 4.58. The Hall–Kier alpha value is -1.63. The van der Waals surface area contributed by atoms with Crippen LogP contribution in [0.15, 0.2) is 40.3 Å². The van der Waals surface area contributed by atoms with Gasteiger partial charge in [0.25, 0.3) is 5.91 Å². The van der Waals surface area contributed by atoms with Gasteiger partial charge in [0.05, 0.1) is 10.0 Å². The van der Waals surface area contributed by atoms with E-state index >= 15 is 0 Å². The number of benzene rings is 1. The molecule has 1 aromatic carbocycles. The summed E-state index contributed by atoms with van der Waals surface area (Å²) in [6.45, 7) is -0.272. The van der Waals surface area contributed by atoms with Gasteiger partial charge in [-0.05, 0) is 18.2 Å². The minimum Gasteiger partial charge on any atom is -0.364 e. The minimum absolute atomic E-state index is 0.00387. The van der Waals surface area contributed by atoms with E-state index in [4.69, 9.17) is 28.9 Å². The van der Waals surface area contributed by atoms with Crippen molar-refractivity contribution in [2.75, 3.05) is 26.2 Å². The number of hydrogen-bond donors (Lipinski definition) is 1. The average Bonchev–Trinajstić information content (AvgIpc) is 3.04. The zero-order chi connectivity index (χ0) is 21.6. The van der Waals surface area contributed by atoms with Gasteiger partial charge in [0.2, 0.25) is 20.0 Å². The number of rotatable bonds is 5. The van der Waals surface area contributed by atoms with Crippen LogP contribution in [0, 0.1) is 0 Å². The molecule has 3 rings (SSSR count). The van der Waals surface area contributed by atoms with E-state index in [9.17, 15) is 21.6 Å². The molecule has 1 aliphatic heterocycles. The van der Waals surface area contributed by atoms with Gasteiger partial charge in [-0.15, -0.1) is 0 Å². The Balaban J connectivity index is 1.81. The fourth-order valence-electron chi connectivity index (χ4n) is 3.08. The predicted molar refractivity (Wildman–Crippen MR) is 108 cm³/mol. The van der Waals surface area contributed by atoms with Crippen LogP contribution >= 0.6 is 23.2 Å². The minimum atomic E-state index is -3.99. The number of sulfonamides is 2. The molecule has 1 aliphatic rings. The molecular formula is C16H18Cl2N4O5S2. The summed E-state index contributed by atoms with van der Waals surface area (Å²) in [6.07, 6.45) is 1.29. The molecule has 0 unspecified atom stereocenters. The number of aromatic nitrogens is 1. The molecule has 1 aromatic heterocycles. The second-order valence-corrected chi connectivity index (χ2v) is 11.0. The molecule has 0 radical (unpaired) electrons. The van der Waals surface area contributed by atoms with Crippen molar-refractivity contribution in [2.24, 2.45) is 12.8 Å². The second-order valence-electron chi connectivity index (χ2n) is 6.40. The van der Waals surface area contributed by atoms with Gasteiger partial charge in [-0.2, -0.15) is 8.61 Å². The highest BCUT2D eigenvalue weighted by Gasteiger charge is 2.36. The highest BCUT2D eigenvalue weighted by molar-refractivity contribution is 7.89. The number of aryl methyl sites for hydroxylation is 1. The molecule has 0 saturated carbocycles. The Morgan fingerprint density at radius 3 is 1.90 bits per heavy atom. The lowest BCUT2D eigenvalue weighted by Gasteiger charge is -2.33. The van der Waals surface area contributed by atoms with Gasteiger partial charge in [-0.25, -0.2) is 16.8 Å². The van der Waals surface area contributed by atoms with E-state index in [1.165, 1.54) is 42.1 Å². The van der Waals surface area contributed by atoms with E-state index in [2.05, 4.69) is 0 Å². The third-order valence-corrected chi connectivity index (χ3v) is 9.30. The molecule has 0 spiro atoms. The van der Waals surface area contributed by atoms with Gasteiger partial charge in [-0.3, -0.25) is 4.79 Å². The lowest BCUT2D eigenvalue weighted by Crippen LogP contribution is -2.50. The average molecular weight is 481 g/mol. The summed E-state index contributed by atoms with van der Waals surface area (Å²) in [5.74, 6) is -0.749. The number of halogens is 2. The standard InChI is InChI=1S/C16H18Cl2N4O5S2/c1-20-10-11(9-14(20)16(19)23)28(24,25)21-5-7-22(8-6-21)29(26,27)15-12(17)3-2-4-13(15)18/h2-4,9-10H,5-8H2,1H3,(H2,19,23). The van der Waals surface area contributed by atoms with E-state index in [1.807, 2.05) is 0 Å². The molecule has 0 aliphatic carbocycles. The molecular weight excluding hydrogens is 463 g/mol. The van der Waals surface area contributed by atoms with Gasteiger partial charge >= 0.3 is 0 Å². The molecule has 2 aromatic rings. The Morgan fingerprint density at radius 2 is 1.45 bits per heavy atom. The van der Waals surface area contributed by atoms with Crippen molar-refractivity contribution in [3.63, 3.8) is 0 Å². The topological polar surface area (TPSA) is 123 Å². The van der Waals surface area contributed by atoms with E-state index < -0.39 is 26.0 Å². The lowest BCUT2D eigenvalue weighted by atomic mass is 10.4. The Labute approximate surface area is 178 Å². The maximum atomic E-state index is 12.9. The zero-order valence-corrected chi connectivity index (χ0v) is 18.4. The van der Waals surface area contributed by atoms with Gasteiger partial charge in [0.1, 0.15) is 15.5 Å². The van der Waals surface area contributed by atoms with Crippen LogP contribution in [0.5, 0.6) is 0 Å². The van der Waals surface area contributed by atoms with Crippen molar-refractivity contribution in [3.05, 3.63) is 46.2 Å². The molecule has 2 heterocycles. The van der Waals surface area contributed by atoms with Gasteiger partial charge in [-0.1, -0.05) is 29.3 Å². The maximum Gasteiger partial charge on any atom is 0.265 e. The highest BCUT2D eigenvalue weighted by Crippen LogP contribution is 2.32. The summed E-state index contributed by atoms with van der Waals surface area (Å²) in [6, 6.07) is 5.58. The first-order valence-corrected chi connectivity index (χ1v) is 12.0. The third kappa shape index (κ3) is 4.03. The number of nitrogens with two attached hydrogens (primary N) is 1. The molecule has 158 valence electrons. The summed E-state index contributed by atoms with van der Waals surface area (Å²) in [5, 5.41) is -0.00774. The van der Waals surface area contributed by atoms with Crippen LogP contribution in [0.25, 0.3) is 0 Å². The van der Waals surface area contributed by atoms with Crippen LogP contribution in [0.4, 0.5) is 0 Å². The zero-order valence-electron chi connectivity index (χ0n) is 15.2. The van der Waals surface area contributed by atoms with E-state index in [1.54, 1.807) is 0 Å². The number of amides is 1. The number of piperazine rings is 1. The summed E-state index contributed by atoms with van der Waals surface area (Å²) >= 11 is 12.0. The van der Waals surface area contributed by atoms with E-state index in [0.717, 1.165) is 8.61 Å². The Kier molecular flexibility index (Phi) is 6.01. The summed E-state index contributed by atoms with van der Waals surface area (Å²) in [5.41, 5.74) is 5.29. The smallest absolute Gasteiger partial charge is 0.265 e. The fourth-order valence-corrected chi connectivity index (χ4v) is 7.09. The van der Waals surface area contributed by atoms with Crippen LogP contribution < -0.4 is 5.73 Å². The molecule has 0 atom stereocenters. The van der Waals surface area contributed by atoms with Crippen molar-refractivity contribution in [1.82, 2.24) is 13.2 Å². The maximum absolute atomic E-state index is 12.9. The van der Waals surface area contributed by atoms with Crippen molar-refractivity contribution in [2.45, 2.75) is 9.79 Å². The first kappa shape index (κ1) is 22.1. The molecule has 29 heavy (non-hydrogen) atoms. The van der Waals surface area contributed by atoms with E-state index in [0.29, 0.717) is 0 Å². The molecule has 1 saturated heterocycles. The summed E-state index contributed by atoms with van der Waals surface area (Å²) in [4.78, 5) is 11.1. The molecule has 9 nitrogen and oxygen atoms in total. The Bertz CT molecular complexity index is 1150. The van der Waals surface area contributed by atoms with Crippen molar-refractivity contribution < 1.29 is 21.6 Å². The van der Waals surface area contributed by atoms with Crippen molar-refractivity contribution in [1.29, 1.82) is 0 Å². The number of carbonyl (C=O) groups is 1. The summed E-state index contributed by atoms with van der Waals surface area (Å²) in [7, 11) is -6.39. The van der Waals surface area contributed by atoms with Gasteiger partial charge in [0.15, 0.2) is 0 Å². The predicted octanol–water partition coefficient (Wildman–Crippen LogP) is 1.13. The lowest BCUT2D eigenvalue weighted by molar-refractivity contribution is 0.0992. The fraction of sp³-hybridized carbons (Fsp3) is 0.312. The van der Waals surface area contributed by atoms with Crippen LogP contribution in [0.1, 0.15) is 10.5 Å². The highest BCUT2D eigenvalue weighted by atomic mass is 35.5. The SMILES string of the molecule is Cn1cc(S(=O)(=O)N2CCN(S(=O)(=O)c3c(Cl)cccc3Cl)CC2)cc1C(N)=O. The molecule has 13 heteroatoms. The first-order chi connectivity index (χ1) is 13.5. The van der Waals surface area contributed by atoms with Crippen molar-refractivity contribution >= 4 is 49.2 Å². The summed E-state index contributed by atoms with van der Waals surface area (Å²) < 4.78 is 55.2. The number of hydrogen-bond acceptors (Lipinski definition) is 5. The molecule has 2 N–H and O–H groups in total. The number of carbonyl (C=O) groups excluding carboxylic acids is 1. The van der Waals surface area contributed by atoms with Gasteiger partial charge < -0.3 is 10.3 Å². The van der Waals surface area contributed by atoms with Crippen LogP contribution in [-0.4, -0.2) is 62.1 Å². The first-order valence-electron chi connectivity index (χ1n) is 8.36. The quantitative estimate of drug-likeness (QED) is 0.686. The molecule has 1 fully saturated rings. The van der Waals surface area contributed by atoms with Gasteiger partial charge in [0, 0.05) is 39.4 Å².